The minimum Gasteiger partial charge on any atom is -0.355 e. The number of halogens is 1. The molecule has 1 unspecified atom stereocenters. The topological polar surface area (TPSA) is 29.9 Å². The molecule has 1 aromatic heterocycles. The van der Waals surface area contributed by atoms with Crippen molar-refractivity contribution in [3.8, 4) is 0 Å². The first-order valence-corrected chi connectivity index (χ1v) is 7.39. The maximum absolute atomic E-state index is 4.39. The molecule has 0 radical (unpaired) electrons. The summed E-state index contributed by atoms with van der Waals surface area (Å²) in [5.74, 6) is 1.54. The number of aromatic nitrogens is 2. The molecule has 0 aliphatic carbocycles. The van der Waals surface area contributed by atoms with Crippen LogP contribution in [-0.4, -0.2) is 16.1 Å². The van der Waals surface area contributed by atoms with Crippen LogP contribution in [-0.2, 0) is 0 Å². The van der Waals surface area contributed by atoms with E-state index >= 15 is 0 Å². The first-order chi connectivity index (χ1) is 9.08. The molecule has 0 aliphatic rings. The smallest absolute Gasteiger partial charge is 0.203 e. The highest BCUT2D eigenvalue weighted by Gasteiger charge is 2.11. The van der Waals surface area contributed by atoms with E-state index in [1.807, 2.05) is 12.4 Å². The normalized spacial score (nSPS) is 12.7. The van der Waals surface area contributed by atoms with Gasteiger partial charge < -0.3 is 9.88 Å². The van der Waals surface area contributed by atoms with Crippen LogP contribution >= 0.6 is 15.9 Å². The molecule has 0 bridgehead atoms. The van der Waals surface area contributed by atoms with Crippen molar-refractivity contribution in [2.75, 3.05) is 11.9 Å². The van der Waals surface area contributed by atoms with Gasteiger partial charge in [0.05, 0.1) is 6.04 Å². The largest absolute Gasteiger partial charge is 0.355 e. The Morgan fingerprint density at radius 2 is 1.89 bits per heavy atom. The second kappa shape index (κ2) is 6.24. The van der Waals surface area contributed by atoms with Gasteiger partial charge in [0.15, 0.2) is 0 Å². The third kappa shape index (κ3) is 3.60. The molecule has 2 aromatic rings. The zero-order chi connectivity index (χ0) is 13.8. The molecule has 1 N–H and O–H groups in total. The lowest BCUT2D eigenvalue weighted by Gasteiger charge is -2.18. The number of rotatable bonds is 5. The van der Waals surface area contributed by atoms with Gasteiger partial charge in [-0.1, -0.05) is 41.9 Å². The fraction of sp³-hybridized carbons (Fsp3) is 0.400. The van der Waals surface area contributed by atoms with Gasteiger partial charge in [-0.2, -0.15) is 0 Å². The molecule has 2 rings (SSSR count). The van der Waals surface area contributed by atoms with Gasteiger partial charge in [-0.05, 0) is 30.5 Å². The fourth-order valence-electron chi connectivity index (χ4n) is 1.96. The summed E-state index contributed by atoms with van der Waals surface area (Å²) >= 11 is 3.47. The van der Waals surface area contributed by atoms with Gasteiger partial charge in [-0.3, -0.25) is 0 Å². The van der Waals surface area contributed by atoms with E-state index in [2.05, 4.69) is 75.8 Å². The summed E-state index contributed by atoms with van der Waals surface area (Å²) < 4.78 is 3.28. The van der Waals surface area contributed by atoms with Crippen molar-refractivity contribution in [3.63, 3.8) is 0 Å². The van der Waals surface area contributed by atoms with Crippen LogP contribution in [0.25, 0.3) is 0 Å². The summed E-state index contributed by atoms with van der Waals surface area (Å²) in [6.45, 7) is 7.51. The van der Waals surface area contributed by atoms with Crippen LogP contribution in [0.4, 0.5) is 5.95 Å². The quantitative estimate of drug-likeness (QED) is 0.888. The van der Waals surface area contributed by atoms with Crippen LogP contribution in [0, 0.1) is 5.92 Å². The van der Waals surface area contributed by atoms with Crippen molar-refractivity contribution >= 4 is 21.9 Å². The van der Waals surface area contributed by atoms with Crippen LogP contribution < -0.4 is 5.32 Å². The predicted molar refractivity (Wildman–Crippen MR) is 83.5 cm³/mol. The third-order valence-electron chi connectivity index (χ3n) is 3.11. The second-order valence-electron chi connectivity index (χ2n) is 5.16. The van der Waals surface area contributed by atoms with Gasteiger partial charge in [-0.15, -0.1) is 0 Å². The first-order valence-electron chi connectivity index (χ1n) is 6.60. The first kappa shape index (κ1) is 14.1. The van der Waals surface area contributed by atoms with Gasteiger partial charge in [0, 0.05) is 23.4 Å². The molecule has 102 valence electrons. The molecule has 19 heavy (non-hydrogen) atoms. The highest BCUT2D eigenvalue weighted by atomic mass is 79.9. The van der Waals surface area contributed by atoms with Gasteiger partial charge in [0.25, 0.3) is 0 Å². The Kier molecular flexibility index (Phi) is 4.64. The highest BCUT2D eigenvalue weighted by Crippen LogP contribution is 2.23. The summed E-state index contributed by atoms with van der Waals surface area (Å²) in [4.78, 5) is 4.39. The Hall–Kier alpha value is -1.29. The number of imidazole rings is 1. The van der Waals surface area contributed by atoms with Crippen molar-refractivity contribution in [1.29, 1.82) is 0 Å². The van der Waals surface area contributed by atoms with Crippen molar-refractivity contribution in [2.45, 2.75) is 26.8 Å². The zero-order valence-electron chi connectivity index (χ0n) is 11.6. The molecule has 0 fully saturated rings. The molecule has 0 aliphatic heterocycles. The molecule has 4 heteroatoms. The fourth-order valence-corrected chi connectivity index (χ4v) is 2.22. The van der Waals surface area contributed by atoms with Gasteiger partial charge in [0.1, 0.15) is 0 Å². The highest BCUT2D eigenvalue weighted by molar-refractivity contribution is 9.10. The Balaban J connectivity index is 2.17. The van der Waals surface area contributed by atoms with Crippen LogP contribution in [0.2, 0.25) is 0 Å². The molecule has 1 atom stereocenters. The number of benzene rings is 1. The number of nitrogens with zero attached hydrogens (tertiary/aromatic N) is 2. The SMILES string of the molecule is CC(C)CNc1nccn1C(C)c1ccc(Br)cc1. The number of nitrogens with one attached hydrogen (secondary N) is 1. The van der Waals surface area contributed by atoms with Crippen molar-refractivity contribution in [1.82, 2.24) is 9.55 Å². The van der Waals surface area contributed by atoms with E-state index in [4.69, 9.17) is 0 Å². The minimum absolute atomic E-state index is 0.269. The molecule has 1 aromatic carbocycles. The predicted octanol–water partition coefficient (Wildman–Crippen LogP) is 4.32. The molecule has 1 heterocycles. The van der Waals surface area contributed by atoms with E-state index in [9.17, 15) is 0 Å². The van der Waals surface area contributed by atoms with E-state index < -0.39 is 0 Å². The van der Waals surface area contributed by atoms with Gasteiger partial charge >= 0.3 is 0 Å². The molecule has 0 spiro atoms. The number of anilines is 1. The minimum atomic E-state index is 0.269. The van der Waals surface area contributed by atoms with E-state index in [0.717, 1.165) is 17.0 Å². The molecule has 0 saturated carbocycles. The lowest BCUT2D eigenvalue weighted by Crippen LogP contribution is -2.15. The Labute approximate surface area is 123 Å². The van der Waals surface area contributed by atoms with Crippen molar-refractivity contribution in [2.24, 2.45) is 5.92 Å². The lowest BCUT2D eigenvalue weighted by atomic mass is 10.1. The van der Waals surface area contributed by atoms with E-state index in [-0.39, 0.29) is 6.04 Å². The molecule has 0 amide bonds. The van der Waals surface area contributed by atoms with Crippen molar-refractivity contribution in [3.05, 3.63) is 46.7 Å². The van der Waals surface area contributed by atoms with Crippen LogP contribution in [0.15, 0.2) is 41.1 Å². The van der Waals surface area contributed by atoms with Crippen LogP contribution in [0.3, 0.4) is 0 Å². The Morgan fingerprint density at radius 1 is 1.21 bits per heavy atom. The Morgan fingerprint density at radius 3 is 2.53 bits per heavy atom. The van der Waals surface area contributed by atoms with E-state index in [1.54, 1.807) is 0 Å². The molecular weight excluding hydrogens is 302 g/mol. The summed E-state index contributed by atoms with van der Waals surface area (Å²) in [6, 6.07) is 8.70. The third-order valence-corrected chi connectivity index (χ3v) is 3.64. The number of hydrogen-bond acceptors (Lipinski definition) is 2. The summed E-state index contributed by atoms with van der Waals surface area (Å²) in [6.07, 6.45) is 3.87. The van der Waals surface area contributed by atoms with Crippen LogP contribution in [0.5, 0.6) is 0 Å². The van der Waals surface area contributed by atoms with Crippen LogP contribution in [0.1, 0.15) is 32.4 Å². The monoisotopic (exact) mass is 321 g/mol. The van der Waals surface area contributed by atoms with E-state index in [1.165, 1.54) is 5.56 Å². The summed E-state index contributed by atoms with van der Waals surface area (Å²) in [7, 11) is 0. The van der Waals surface area contributed by atoms with Gasteiger partial charge in [-0.25, -0.2) is 4.98 Å². The second-order valence-corrected chi connectivity index (χ2v) is 6.08. The maximum Gasteiger partial charge on any atom is 0.203 e. The Bertz CT molecular complexity index is 516. The standard InChI is InChI=1S/C15H20BrN3/c1-11(2)10-18-15-17-8-9-19(15)12(3)13-4-6-14(16)7-5-13/h4-9,11-12H,10H2,1-3H3,(H,17,18). The van der Waals surface area contributed by atoms with E-state index in [0.29, 0.717) is 5.92 Å². The summed E-state index contributed by atoms with van der Waals surface area (Å²) in [5.41, 5.74) is 1.27. The molecule has 3 nitrogen and oxygen atoms in total. The van der Waals surface area contributed by atoms with Gasteiger partial charge in [0.2, 0.25) is 5.95 Å². The average molecular weight is 322 g/mol. The zero-order valence-corrected chi connectivity index (χ0v) is 13.2. The maximum atomic E-state index is 4.39. The van der Waals surface area contributed by atoms with Crippen molar-refractivity contribution < 1.29 is 0 Å². The number of hydrogen-bond donors (Lipinski definition) is 1. The lowest BCUT2D eigenvalue weighted by molar-refractivity contribution is 0.628. The average Bonchev–Trinajstić information content (AvgIpc) is 2.84. The molecular formula is C15H20BrN3. The molecule has 0 saturated heterocycles. The summed E-state index contributed by atoms with van der Waals surface area (Å²) in [5, 5.41) is 3.40.